The Morgan fingerprint density at radius 2 is 1.31 bits per heavy atom. The number of benzene rings is 2. The molecule has 0 saturated carbocycles. The fourth-order valence-corrected chi connectivity index (χ4v) is 4.72. The summed E-state index contributed by atoms with van der Waals surface area (Å²) in [7, 11) is -6.81. The fourth-order valence-electron chi connectivity index (χ4n) is 2.63. The lowest BCUT2D eigenvalue weighted by Crippen LogP contribution is -2.30. The van der Waals surface area contributed by atoms with E-state index in [1.54, 1.807) is 26.0 Å². The number of amides is 1. The predicted molar refractivity (Wildman–Crippen MR) is 113 cm³/mol. The van der Waals surface area contributed by atoms with Gasteiger partial charge in [-0.15, -0.1) is 0 Å². The molecular weight excluding hydrogens is 414 g/mol. The van der Waals surface area contributed by atoms with Crippen molar-refractivity contribution in [2.45, 2.75) is 23.6 Å². The van der Waals surface area contributed by atoms with E-state index in [9.17, 15) is 21.6 Å². The van der Waals surface area contributed by atoms with Gasteiger partial charge in [0.25, 0.3) is 0 Å². The van der Waals surface area contributed by atoms with Gasteiger partial charge in [0.2, 0.25) is 15.9 Å². The molecule has 0 fully saturated rings. The van der Waals surface area contributed by atoms with Crippen LogP contribution >= 0.6 is 0 Å². The lowest BCUT2D eigenvalue weighted by atomic mass is 10.3. The van der Waals surface area contributed by atoms with Gasteiger partial charge in [0, 0.05) is 30.7 Å². The second-order valence-corrected chi connectivity index (χ2v) is 10.3. The molecule has 0 heterocycles. The van der Waals surface area contributed by atoms with Crippen molar-refractivity contribution in [3.05, 3.63) is 48.5 Å². The van der Waals surface area contributed by atoms with Crippen molar-refractivity contribution >= 4 is 37.1 Å². The van der Waals surface area contributed by atoms with E-state index < -0.39 is 19.9 Å². The molecular formula is C19H25N3O5S2. The standard InChI is InChI=1S/C19H25N3O5S2/c1-4-22(5-2)29(26,27)18-12-6-15(7-13-18)20-14-19(23)21-16-8-10-17(11-9-16)28(3,24)25/h6-13,20H,4-5,14H2,1-3H3,(H,21,23). The van der Waals surface area contributed by atoms with E-state index in [-0.39, 0.29) is 22.2 Å². The molecule has 8 nitrogen and oxygen atoms in total. The number of carbonyl (C=O) groups is 1. The molecule has 2 rings (SSSR count). The topological polar surface area (TPSA) is 113 Å². The van der Waals surface area contributed by atoms with E-state index in [2.05, 4.69) is 10.6 Å². The number of nitrogens with one attached hydrogen (secondary N) is 2. The minimum absolute atomic E-state index is 0.0318. The van der Waals surface area contributed by atoms with Crippen LogP contribution in [0.3, 0.4) is 0 Å². The minimum atomic E-state index is -3.52. The van der Waals surface area contributed by atoms with Crippen LogP contribution < -0.4 is 10.6 Å². The highest BCUT2D eigenvalue weighted by Crippen LogP contribution is 2.18. The van der Waals surface area contributed by atoms with Crippen LogP contribution in [0.1, 0.15) is 13.8 Å². The normalized spacial score (nSPS) is 12.0. The van der Waals surface area contributed by atoms with Crippen LogP contribution in [0.2, 0.25) is 0 Å². The molecule has 2 aromatic rings. The molecule has 0 aliphatic carbocycles. The summed E-state index contributed by atoms with van der Waals surface area (Å²) in [4.78, 5) is 12.4. The quantitative estimate of drug-likeness (QED) is 0.619. The Hall–Kier alpha value is -2.43. The van der Waals surface area contributed by atoms with Gasteiger partial charge in [0.05, 0.1) is 16.3 Å². The lowest BCUT2D eigenvalue weighted by Gasteiger charge is -2.18. The van der Waals surface area contributed by atoms with Gasteiger partial charge >= 0.3 is 0 Å². The molecule has 0 unspecified atom stereocenters. The zero-order valence-corrected chi connectivity index (χ0v) is 18.2. The predicted octanol–water partition coefficient (Wildman–Crippen LogP) is 2.17. The second-order valence-electron chi connectivity index (χ2n) is 6.31. The highest BCUT2D eigenvalue weighted by molar-refractivity contribution is 7.90. The largest absolute Gasteiger partial charge is 0.376 e. The molecule has 0 radical (unpaired) electrons. The maximum absolute atomic E-state index is 12.5. The first-order valence-electron chi connectivity index (χ1n) is 9.02. The molecule has 0 atom stereocenters. The third kappa shape index (κ3) is 6.02. The van der Waals surface area contributed by atoms with E-state index in [0.717, 1.165) is 6.26 Å². The summed E-state index contributed by atoms with van der Waals surface area (Å²) in [6.45, 7) is 4.32. The first kappa shape index (κ1) is 22.9. The molecule has 2 aromatic carbocycles. The summed E-state index contributed by atoms with van der Waals surface area (Å²) in [5.74, 6) is -0.322. The fraction of sp³-hybridized carbons (Fsp3) is 0.316. The molecule has 0 saturated heterocycles. The highest BCUT2D eigenvalue weighted by Gasteiger charge is 2.21. The molecule has 2 N–H and O–H groups in total. The number of hydrogen-bond donors (Lipinski definition) is 2. The number of anilines is 2. The molecule has 0 spiro atoms. The third-order valence-electron chi connectivity index (χ3n) is 4.22. The van der Waals surface area contributed by atoms with Gasteiger partial charge in [-0.05, 0) is 48.5 Å². The second kappa shape index (κ2) is 9.38. The van der Waals surface area contributed by atoms with E-state index in [1.807, 2.05) is 0 Å². The Balaban J connectivity index is 1.95. The van der Waals surface area contributed by atoms with Gasteiger partial charge in [0.1, 0.15) is 0 Å². The van der Waals surface area contributed by atoms with Gasteiger partial charge in [-0.1, -0.05) is 13.8 Å². The van der Waals surface area contributed by atoms with Crippen LogP contribution in [0, 0.1) is 0 Å². The molecule has 158 valence electrons. The van der Waals surface area contributed by atoms with Crippen molar-refractivity contribution in [2.24, 2.45) is 0 Å². The Morgan fingerprint density at radius 3 is 1.79 bits per heavy atom. The van der Waals surface area contributed by atoms with Gasteiger partial charge < -0.3 is 10.6 Å². The average Bonchev–Trinajstić information content (AvgIpc) is 2.67. The average molecular weight is 440 g/mol. The molecule has 0 aromatic heterocycles. The van der Waals surface area contributed by atoms with Crippen molar-refractivity contribution in [1.82, 2.24) is 4.31 Å². The van der Waals surface area contributed by atoms with E-state index >= 15 is 0 Å². The summed E-state index contributed by atoms with van der Waals surface area (Å²) in [6, 6.07) is 12.1. The maximum atomic E-state index is 12.5. The first-order valence-corrected chi connectivity index (χ1v) is 12.3. The molecule has 0 aliphatic rings. The Morgan fingerprint density at radius 1 is 0.828 bits per heavy atom. The molecule has 29 heavy (non-hydrogen) atoms. The Bertz CT molecular complexity index is 1040. The number of sulfonamides is 1. The molecule has 10 heteroatoms. The molecule has 1 amide bonds. The summed E-state index contributed by atoms with van der Waals surface area (Å²) >= 11 is 0. The van der Waals surface area contributed by atoms with Gasteiger partial charge in [-0.2, -0.15) is 4.31 Å². The number of hydrogen-bond acceptors (Lipinski definition) is 6. The maximum Gasteiger partial charge on any atom is 0.243 e. The van der Waals surface area contributed by atoms with Crippen molar-refractivity contribution in [1.29, 1.82) is 0 Å². The SMILES string of the molecule is CCN(CC)S(=O)(=O)c1ccc(NCC(=O)Nc2ccc(S(C)(=O)=O)cc2)cc1. The summed E-state index contributed by atoms with van der Waals surface area (Å²) < 4.78 is 49.2. The van der Waals surface area contributed by atoms with E-state index in [1.165, 1.54) is 40.7 Å². The molecule has 0 bridgehead atoms. The third-order valence-corrected chi connectivity index (χ3v) is 7.41. The first-order chi connectivity index (χ1) is 13.6. The van der Waals surface area contributed by atoms with Crippen molar-refractivity contribution in [3.8, 4) is 0 Å². The number of rotatable bonds is 9. The van der Waals surface area contributed by atoms with Crippen LogP contribution in [-0.2, 0) is 24.7 Å². The monoisotopic (exact) mass is 439 g/mol. The van der Waals surface area contributed by atoms with Crippen LogP contribution in [0.5, 0.6) is 0 Å². The smallest absolute Gasteiger partial charge is 0.243 e. The summed E-state index contributed by atoms with van der Waals surface area (Å²) in [5, 5.41) is 5.58. The van der Waals surface area contributed by atoms with Gasteiger partial charge in [-0.25, -0.2) is 16.8 Å². The zero-order chi connectivity index (χ0) is 21.7. The Labute approximate surface area is 171 Å². The van der Waals surface area contributed by atoms with Crippen LogP contribution in [-0.4, -0.2) is 52.9 Å². The van der Waals surface area contributed by atoms with Crippen molar-refractivity contribution in [3.63, 3.8) is 0 Å². The van der Waals surface area contributed by atoms with Crippen LogP contribution in [0.4, 0.5) is 11.4 Å². The summed E-state index contributed by atoms with van der Waals surface area (Å²) in [6.07, 6.45) is 1.11. The number of carbonyl (C=O) groups excluding carboxylic acids is 1. The van der Waals surface area contributed by atoms with Crippen LogP contribution in [0.25, 0.3) is 0 Å². The van der Waals surface area contributed by atoms with Crippen molar-refractivity contribution in [2.75, 3.05) is 36.5 Å². The Kier molecular flexibility index (Phi) is 7.39. The van der Waals surface area contributed by atoms with Crippen LogP contribution in [0.15, 0.2) is 58.3 Å². The van der Waals surface area contributed by atoms with Crippen molar-refractivity contribution < 1.29 is 21.6 Å². The highest BCUT2D eigenvalue weighted by atomic mass is 32.2. The zero-order valence-electron chi connectivity index (χ0n) is 16.5. The van der Waals surface area contributed by atoms with E-state index in [4.69, 9.17) is 0 Å². The number of nitrogens with zero attached hydrogens (tertiary/aromatic N) is 1. The van der Waals surface area contributed by atoms with Gasteiger partial charge in [-0.3, -0.25) is 4.79 Å². The minimum Gasteiger partial charge on any atom is -0.376 e. The lowest BCUT2D eigenvalue weighted by molar-refractivity contribution is -0.114. The summed E-state index contributed by atoms with van der Waals surface area (Å²) in [5.41, 5.74) is 1.08. The van der Waals surface area contributed by atoms with E-state index in [0.29, 0.717) is 24.5 Å². The number of sulfone groups is 1. The molecule has 0 aliphatic heterocycles. The van der Waals surface area contributed by atoms with Gasteiger partial charge in [0.15, 0.2) is 9.84 Å².